The fraction of sp³-hybridized carbons (Fsp3) is 1.00. The third-order valence-corrected chi connectivity index (χ3v) is 4.68. The topological polar surface area (TPSA) is 0 Å². The van der Waals surface area contributed by atoms with Gasteiger partial charge in [0.2, 0.25) is 0 Å². The molecule has 1 nitrogen and oxygen atoms in total. The summed E-state index contributed by atoms with van der Waals surface area (Å²) in [5.74, 6) is 0. The van der Waals surface area contributed by atoms with Gasteiger partial charge in [-0.25, -0.2) is 0 Å². The number of alkyl halides is 1. The molecule has 0 aromatic carbocycles. The molecule has 1 unspecified atom stereocenters. The first-order valence-corrected chi connectivity index (χ1v) is 5.33. The second-order valence-electron chi connectivity index (χ2n) is 2.95. The second kappa shape index (κ2) is 4.54. The Balaban J connectivity index is 4.02. The molecule has 0 saturated carbocycles. The van der Waals surface area contributed by atoms with Gasteiger partial charge in [0.15, 0.2) is 0 Å². The molecule has 0 radical (unpaired) electrons. The SMILES string of the molecule is CCC(I)[N+](C)(CC)CC. The minimum absolute atomic E-state index is 0.785. The standard InChI is InChI=1S/C8H19IN/c1-5-8(9)10(4,6-2)7-3/h8H,5-7H2,1-4H3/q+1. The zero-order chi connectivity index (χ0) is 8.20. The van der Waals surface area contributed by atoms with Gasteiger partial charge in [0.25, 0.3) is 0 Å². The molecule has 0 aromatic rings. The number of rotatable bonds is 4. The zero-order valence-corrected chi connectivity index (χ0v) is 9.68. The predicted molar refractivity (Wildman–Crippen MR) is 55.4 cm³/mol. The first-order chi connectivity index (χ1) is 4.60. The molecule has 0 bridgehead atoms. The van der Waals surface area contributed by atoms with Gasteiger partial charge in [0, 0.05) is 6.42 Å². The number of hydrogen-bond acceptors (Lipinski definition) is 0. The lowest BCUT2D eigenvalue weighted by molar-refractivity contribution is -0.912. The van der Waals surface area contributed by atoms with E-state index in [0.29, 0.717) is 0 Å². The molecule has 0 saturated heterocycles. The van der Waals surface area contributed by atoms with Crippen LogP contribution in [0, 0.1) is 0 Å². The molecule has 0 heterocycles. The van der Waals surface area contributed by atoms with Crippen LogP contribution in [0.3, 0.4) is 0 Å². The molecule has 0 fully saturated rings. The Hall–Kier alpha value is 0.690. The van der Waals surface area contributed by atoms with Crippen molar-refractivity contribution in [3.63, 3.8) is 0 Å². The van der Waals surface area contributed by atoms with E-state index in [0.717, 1.165) is 4.05 Å². The highest BCUT2D eigenvalue weighted by atomic mass is 127. The summed E-state index contributed by atoms with van der Waals surface area (Å²) in [5, 5.41) is 0. The van der Waals surface area contributed by atoms with Gasteiger partial charge < -0.3 is 4.48 Å². The van der Waals surface area contributed by atoms with Crippen LogP contribution in [0.5, 0.6) is 0 Å². The van der Waals surface area contributed by atoms with E-state index in [-0.39, 0.29) is 0 Å². The van der Waals surface area contributed by atoms with Crippen LogP contribution < -0.4 is 0 Å². The molecule has 0 amide bonds. The fourth-order valence-electron chi connectivity index (χ4n) is 1.06. The lowest BCUT2D eigenvalue weighted by Crippen LogP contribution is -2.48. The lowest BCUT2D eigenvalue weighted by Gasteiger charge is -2.36. The molecule has 10 heavy (non-hydrogen) atoms. The molecule has 0 rings (SSSR count). The third kappa shape index (κ3) is 2.38. The van der Waals surface area contributed by atoms with Gasteiger partial charge >= 0.3 is 0 Å². The molecule has 0 aromatic heterocycles. The number of hydrogen-bond donors (Lipinski definition) is 0. The Morgan fingerprint density at radius 3 is 1.70 bits per heavy atom. The van der Waals surface area contributed by atoms with Gasteiger partial charge in [-0.2, -0.15) is 0 Å². The van der Waals surface area contributed by atoms with E-state index in [2.05, 4.69) is 50.4 Å². The average Bonchev–Trinajstić information content (AvgIpc) is 2.01. The highest BCUT2D eigenvalue weighted by Gasteiger charge is 2.24. The first-order valence-electron chi connectivity index (χ1n) is 4.09. The van der Waals surface area contributed by atoms with Crippen LogP contribution in [0.1, 0.15) is 27.2 Å². The highest BCUT2D eigenvalue weighted by Crippen LogP contribution is 2.18. The van der Waals surface area contributed by atoms with Crippen LogP contribution in [0.15, 0.2) is 0 Å². The van der Waals surface area contributed by atoms with Crippen LogP contribution in [0.2, 0.25) is 0 Å². The van der Waals surface area contributed by atoms with Gasteiger partial charge in [-0.3, -0.25) is 0 Å². The quantitative estimate of drug-likeness (QED) is 0.314. The largest absolute Gasteiger partial charge is 0.316 e. The number of nitrogens with zero attached hydrogens (tertiary/aromatic N) is 1. The Bertz CT molecular complexity index is 89.3. The summed E-state index contributed by atoms with van der Waals surface area (Å²) in [7, 11) is 2.33. The van der Waals surface area contributed by atoms with Crippen molar-refractivity contribution in [3.05, 3.63) is 0 Å². The van der Waals surface area contributed by atoms with Crippen molar-refractivity contribution in [2.24, 2.45) is 0 Å². The van der Waals surface area contributed by atoms with E-state index in [1.165, 1.54) is 24.0 Å². The summed E-state index contributed by atoms with van der Waals surface area (Å²) in [6, 6.07) is 0. The van der Waals surface area contributed by atoms with Crippen molar-refractivity contribution in [1.82, 2.24) is 0 Å². The van der Waals surface area contributed by atoms with Gasteiger partial charge in [-0.1, -0.05) is 6.92 Å². The van der Waals surface area contributed by atoms with Crippen LogP contribution in [-0.2, 0) is 0 Å². The van der Waals surface area contributed by atoms with Crippen molar-refractivity contribution in [1.29, 1.82) is 0 Å². The van der Waals surface area contributed by atoms with E-state index >= 15 is 0 Å². The maximum atomic E-state index is 2.56. The second-order valence-corrected chi connectivity index (χ2v) is 4.39. The molecular formula is C8H19IN+. The van der Waals surface area contributed by atoms with E-state index in [4.69, 9.17) is 0 Å². The van der Waals surface area contributed by atoms with Gasteiger partial charge in [0.1, 0.15) is 4.05 Å². The van der Waals surface area contributed by atoms with E-state index in [1.54, 1.807) is 0 Å². The summed E-state index contributed by atoms with van der Waals surface area (Å²) in [6.07, 6.45) is 1.28. The Morgan fingerprint density at radius 2 is 1.60 bits per heavy atom. The fourth-order valence-corrected chi connectivity index (χ4v) is 1.85. The van der Waals surface area contributed by atoms with Crippen molar-refractivity contribution >= 4 is 22.6 Å². The summed E-state index contributed by atoms with van der Waals surface area (Å²) >= 11 is 2.56. The number of quaternary nitrogens is 1. The highest BCUT2D eigenvalue weighted by molar-refractivity contribution is 14.1. The normalized spacial score (nSPS) is 15.3. The Kier molecular flexibility index (Phi) is 4.86. The molecule has 1 atom stereocenters. The lowest BCUT2D eigenvalue weighted by atomic mass is 10.3. The van der Waals surface area contributed by atoms with E-state index in [1.807, 2.05) is 0 Å². The third-order valence-electron chi connectivity index (χ3n) is 2.46. The summed E-state index contributed by atoms with van der Waals surface area (Å²) in [4.78, 5) is 0. The molecule has 0 aliphatic rings. The molecule has 62 valence electrons. The van der Waals surface area contributed by atoms with Crippen LogP contribution in [-0.4, -0.2) is 28.7 Å². The molecular weight excluding hydrogens is 237 g/mol. The molecule has 0 aliphatic carbocycles. The van der Waals surface area contributed by atoms with Crippen molar-refractivity contribution in [2.45, 2.75) is 31.2 Å². The Morgan fingerprint density at radius 1 is 1.20 bits per heavy atom. The maximum Gasteiger partial charge on any atom is 0.139 e. The number of halogens is 1. The van der Waals surface area contributed by atoms with Crippen LogP contribution >= 0.6 is 22.6 Å². The zero-order valence-electron chi connectivity index (χ0n) is 7.52. The smallest absolute Gasteiger partial charge is 0.139 e. The molecule has 2 heteroatoms. The molecule has 0 aliphatic heterocycles. The van der Waals surface area contributed by atoms with Crippen molar-refractivity contribution < 1.29 is 4.48 Å². The van der Waals surface area contributed by atoms with Crippen LogP contribution in [0.4, 0.5) is 0 Å². The monoisotopic (exact) mass is 256 g/mol. The van der Waals surface area contributed by atoms with Crippen molar-refractivity contribution in [2.75, 3.05) is 20.1 Å². The Labute approximate surface area is 78.5 Å². The van der Waals surface area contributed by atoms with Gasteiger partial charge in [-0.15, -0.1) is 0 Å². The summed E-state index contributed by atoms with van der Waals surface area (Å²) in [5.41, 5.74) is 0. The van der Waals surface area contributed by atoms with Gasteiger partial charge in [-0.05, 0) is 36.4 Å². The minimum atomic E-state index is 0.785. The summed E-state index contributed by atoms with van der Waals surface area (Å²) in [6.45, 7) is 9.30. The summed E-state index contributed by atoms with van der Waals surface area (Å²) < 4.78 is 1.99. The van der Waals surface area contributed by atoms with Crippen LogP contribution in [0.25, 0.3) is 0 Å². The maximum absolute atomic E-state index is 2.56. The predicted octanol–water partition coefficient (Wildman–Crippen LogP) is 2.64. The molecule has 0 spiro atoms. The van der Waals surface area contributed by atoms with E-state index in [9.17, 15) is 0 Å². The van der Waals surface area contributed by atoms with Gasteiger partial charge in [0.05, 0.1) is 20.1 Å². The molecule has 0 N–H and O–H groups in total. The minimum Gasteiger partial charge on any atom is -0.316 e. The average molecular weight is 256 g/mol. The van der Waals surface area contributed by atoms with Crippen molar-refractivity contribution in [3.8, 4) is 0 Å². The first kappa shape index (κ1) is 10.7. The van der Waals surface area contributed by atoms with E-state index < -0.39 is 0 Å².